The average Bonchev–Trinajstić information content (AvgIpc) is 3.28. The molecule has 1 atom stereocenters. The normalized spacial score (nSPS) is 20.4. The number of fused-ring (bicyclic) bond motifs is 1. The number of halogens is 1. The van der Waals surface area contributed by atoms with Gasteiger partial charge in [-0.05, 0) is 52.5 Å². The van der Waals surface area contributed by atoms with Gasteiger partial charge in [0.25, 0.3) is 0 Å². The Balaban J connectivity index is 1.61. The molecule has 0 spiro atoms. The Morgan fingerprint density at radius 2 is 1.96 bits per heavy atom. The molecule has 2 fully saturated rings. The van der Waals surface area contributed by atoms with E-state index in [-0.39, 0.29) is 18.1 Å². The van der Waals surface area contributed by atoms with Crippen molar-refractivity contribution in [1.29, 1.82) is 0 Å². The Morgan fingerprint density at radius 3 is 2.56 bits per heavy atom. The number of hydrogen-bond donors (Lipinski definition) is 1. The number of rotatable bonds is 3. The van der Waals surface area contributed by atoms with Crippen molar-refractivity contribution in [3.63, 3.8) is 0 Å². The van der Waals surface area contributed by atoms with Crippen LogP contribution in [-0.4, -0.2) is 49.6 Å². The van der Waals surface area contributed by atoms with E-state index in [2.05, 4.69) is 4.98 Å². The van der Waals surface area contributed by atoms with Crippen LogP contribution < -0.4 is 0 Å². The Kier molecular flexibility index (Phi) is 4.16. The van der Waals surface area contributed by atoms with Crippen LogP contribution in [0.15, 0.2) is 12.3 Å². The number of pyridine rings is 1. The second-order valence-corrected chi connectivity index (χ2v) is 9.17. The first kappa shape index (κ1) is 18.5. The molecule has 0 bridgehead atoms. The summed E-state index contributed by atoms with van der Waals surface area (Å²) in [6.07, 6.45) is 3.36. The summed E-state index contributed by atoms with van der Waals surface area (Å²) in [5.74, 6) is 0.218. The third kappa shape index (κ3) is 3.38. The Morgan fingerprint density at radius 1 is 1.30 bits per heavy atom. The maximum Gasteiger partial charge on any atom is 0.410 e. The van der Waals surface area contributed by atoms with Gasteiger partial charge >= 0.3 is 6.09 Å². The predicted molar refractivity (Wildman–Crippen MR) is 102 cm³/mol. The van der Waals surface area contributed by atoms with Crippen molar-refractivity contribution in [2.45, 2.75) is 57.8 Å². The van der Waals surface area contributed by atoms with Gasteiger partial charge in [-0.1, -0.05) is 11.6 Å². The SMILES string of the molecule is CC(C)(C)OC(=O)N1CC(n2nc(C(C)(O)C3CC3)c3cc(Cl)ncc32)C1. The number of nitrogens with zero attached hydrogens (tertiary/aromatic N) is 4. The summed E-state index contributed by atoms with van der Waals surface area (Å²) in [4.78, 5) is 18.0. The zero-order valence-corrected chi connectivity index (χ0v) is 16.8. The lowest BCUT2D eigenvalue weighted by atomic mass is 9.94. The fraction of sp³-hybridized carbons (Fsp3) is 0.632. The molecule has 7 nitrogen and oxygen atoms in total. The second-order valence-electron chi connectivity index (χ2n) is 8.78. The standard InChI is InChI=1S/C19H25ClN4O3/c1-18(2,3)27-17(25)23-9-12(10-23)24-14-8-21-15(20)7-13(14)16(22-24)19(4,26)11-5-6-11/h7-8,11-12,26H,5-6,9-10H2,1-4H3. The fourth-order valence-corrected chi connectivity index (χ4v) is 3.74. The summed E-state index contributed by atoms with van der Waals surface area (Å²) in [7, 11) is 0. The number of aliphatic hydroxyl groups is 1. The summed E-state index contributed by atoms with van der Waals surface area (Å²) in [5.41, 5.74) is -0.0515. The number of carbonyl (C=O) groups excluding carboxylic acids is 1. The lowest BCUT2D eigenvalue weighted by molar-refractivity contribution is -0.00111. The van der Waals surface area contributed by atoms with Crippen molar-refractivity contribution < 1.29 is 14.6 Å². The van der Waals surface area contributed by atoms with Crippen LogP contribution in [0.4, 0.5) is 4.79 Å². The first-order valence-corrected chi connectivity index (χ1v) is 9.68. The molecule has 2 aromatic heterocycles. The topological polar surface area (TPSA) is 80.5 Å². The maximum atomic E-state index is 12.2. The van der Waals surface area contributed by atoms with E-state index in [0.29, 0.717) is 23.9 Å². The van der Waals surface area contributed by atoms with Gasteiger partial charge in [0.2, 0.25) is 0 Å². The van der Waals surface area contributed by atoms with Crippen LogP contribution in [0.1, 0.15) is 52.3 Å². The molecule has 3 heterocycles. The minimum Gasteiger partial charge on any atom is -0.444 e. The molecule has 27 heavy (non-hydrogen) atoms. The smallest absolute Gasteiger partial charge is 0.410 e. The highest BCUT2D eigenvalue weighted by atomic mass is 35.5. The molecule has 1 saturated heterocycles. The fourth-order valence-electron chi connectivity index (χ4n) is 3.59. The molecule has 2 aromatic rings. The van der Waals surface area contributed by atoms with E-state index in [1.807, 2.05) is 32.4 Å². The highest BCUT2D eigenvalue weighted by molar-refractivity contribution is 6.30. The first-order chi connectivity index (χ1) is 12.6. The average molecular weight is 393 g/mol. The summed E-state index contributed by atoms with van der Waals surface area (Å²) in [6, 6.07) is 1.78. The van der Waals surface area contributed by atoms with E-state index in [1.54, 1.807) is 17.2 Å². The van der Waals surface area contributed by atoms with E-state index < -0.39 is 11.2 Å². The number of carbonyl (C=O) groups is 1. The number of hydrogen-bond acceptors (Lipinski definition) is 5. The van der Waals surface area contributed by atoms with Gasteiger partial charge in [-0.3, -0.25) is 4.68 Å². The zero-order chi connectivity index (χ0) is 19.6. The van der Waals surface area contributed by atoms with Crippen molar-refractivity contribution in [2.75, 3.05) is 13.1 Å². The highest BCUT2D eigenvalue weighted by Gasteiger charge is 2.45. The molecule has 1 aliphatic heterocycles. The van der Waals surface area contributed by atoms with Crippen molar-refractivity contribution in [1.82, 2.24) is 19.7 Å². The highest BCUT2D eigenvalue weighted by Crippen LogP contribution is 2.47. The van der Waals surface area contributed by atoms with Gasteiger partial charge < -0.3 is 14.7 Å². The van der Waals surface area contributed by atoms with Gasteiger partial charge in [0.05, 0.1) is 17.8 Å². The Bertz CT molecular complexity index is 892. The predicted octanol–water partition coefficient (Wildman–Crippen LogP) is 3.49. The molecule has 1 aliphatic carbocycles. The molecule has 1 saturated carbocycles. The molecule has 1 N–H and O–H groups in total. The third-order valence-electron chi connectivity index (χ3n) is 5.27. The van der Waals surface area contributed by atoms with Gasteiger partial charge in [0.1, 0.15) is 22.0 Å². The monoisotopic (exact) mass is 392 g/mol. The number of amides is 1. The molecule has 0 radical (unpaired) electrons. The Labute approximate surface area is 163 Å². The lowest BCUT2D eigenvalue weighted by Crippen LogP contribution is -2.52. The summed E-state index contributed by atoms with van der Waals surface area (Å²) in [6.45, 7) is 8.40. The molecule has 4 rings (SSSR count). The van der Waals surface area contributed by atoms with E-state index >= 15 is 0 Å². The van der Waals surface area contributed by atoms with Crippen LogP contribution in [0.3, 0.4) is 0 Å². The molecule has 2 aliphatic rings. The van der Waals surface area contributed by atoms with Crippen LogP contribution in [-0.2, 0) is 10.3 Å². The van der Waals surface area contributed by atoms with Gasteiger partial charge in [-0.15, -0.1) is 0 Å². The van der Waals surface area contributed by atoms with E-state index in [4.69, 9.17) is 21.4 Å². The minimum atomic E-state index is -0.997. The molecule has 8 heteroatoms. The third-order valence-corrected chi connectivity index (χ3v) is 5.48. The van der Waals surface area contributed by atoms with Gasteiger partial charge in [0.15, 0.2) is 0 Å². The minimum absolute atomic E-state index is 0.0201. The summed E-state index contributed by atoms with van der Waals surface area (Å²) in [5, 5.41) is 17.0. The number of likely N-dealkylation sites (tertiary alicyclic amines) is 1. The molecule has 1 unspecified atom stereocenters. The largest absolute Gasteiger partial charge is 0.444 e. The molecule has 146 valence electrons. The van der Waals surface area contributed by atoms with Crippen LogP contribution >= 0.6 is 11.6 Å². The number of ether oxygens (including phenoxy) is 1. The first-order valence-electron chi connectivity index (χ1n) is 9.31. The zero-order valence-electron chi connectivity index (χ0n) is 16.1. The van der Waals surface area contributed by atoms with Crippen LogP contribution in [0.25, 0.3) is 10.9 Å². The summed E-state index contributed by atoms with van der Waals surface area (Å²) < 4.78 is 7.28. The molecule has 0 aromatic carbocycles. The van der Waals surface area contributed by atoms with Crippen molar-refractivity contribution in [2.24, 2.45) is 5.92 Å². The molecular formula is C19H25ClN4O3. The van der Waals surface area contributed by atoms with Crippen LogP contribution in [0.2, 0.25) is 5.15 Å². The quantitative estimate of drug-likeness (QED) is 0.808. The van der Waals surface area contributed by atoms with Crippen LogP contribution in [0.5, 0.6) is 0 Å². The van der Waals surface area contributed by atoms with E-state index in [1.165, 1.54) is 0 Å². The Hall–Kier alpha value is -1.86. The molecular weight excluding hydrogens is 368 g/mol. The second kappa shape index (κ2) is 6.07. The molecule has 1 amide bonds. The number of aromatic nitrogens is 3. The van der Waals surface area contributed by atoms with Crippen molar-refractivity contribution in [3.05, 3.63) is 23.1 Å². The van der Waals surface area contributed by atoms with Gasteiger partial charge in [-0.2, -0.15) is 5.10 Å². The lowest BCUT2D eigenvalue weighted by Gasteiger charge is -2.39. The van der Waals surface area contributed by atoms with Crippen molar-refractivity contribution >= 4 is 28.6 Å². The van der Waals surface area contributed by atoms with Crippen molar-refractivity contribution in [3.8, 4) is 0 Å². The maximum absolute atomic E-state index is 12.2. The van der Waals surface area contributed by atoms with Gasteiger partial charge in [-0.25, -0.2) is 9.78 Å². The van der Waals surface area contributed by atoms with Gasteiger partial charge in [0, 0.05) is 18.5 Å². The van der Waals surface area contributed by atoms with E-state index in [9.17, 15) is 9.90 Å². The summed E-state index contributed by atoms with van der Waals surface area (Å²) >= 11 is 6.10. The van der Waals surface area contributed by atoms with Crippen LogP contribution in [0, 0.1) is 5.92 Å². The van der Waals surface area contributed by atoms with E-state index in [0.717, 1.165) is 23.7 Å².